The predicted octanol–water partition coefficient (Wildman–Crippen LogP) is 3.45. The average molecular weight is 321 g/mol. The van der Waals surface area contributed by atoms with E-state index < -0.39 is 0 Å². The van der Waals surface area contributed by atoms with Crippen molar-refractivity contribution in [2.24, 2.45) is 5.92 Å². The third-order valence-corrected chi connectivity index (χ3v) is 5.38. The van der Waals surface area contributed by atoms with Gasteiger partial charge in [0, 0.05) is 29.7 Å². The summed E-state index contributed by atoms with van der Waals surface area (Å²) in [6.07, 6.45) is 0. The lowest BCUT2D eigenvalue weighted by molar-refractivity contribution is 0.236. The molecule has 1 saturated heterocycles. The normalized spacial score (nSPS) is 19.7. The van der Waals surface area contributed by atoms with Gasteiger partial charge in [0.05, 0.1) is 6.54 Å². The van der Waals surface area contributed by atoms with Crippen LogP contribution in [0, 0.1) is 11.7 Å². The summed E-state index contributed by atoms with van der Waals surface area (Å²) < 4.78 is 18.7. The van der Waals surface area contributed by atoms with E-state index in [0.717, 1.165) is 24.4 Å². The highest BCUT2D eigenvalue weighted by molar-refractivity contribution is 8.00. The Morgan fingerprint density at radius 1 is 1.32 bits per heavy atom. The summed E-state index contributed by atoms with van der Waals surface area (Å²) in [5.74, 6) is 2.61. The summed E-state index contributed by atoms with van der Waals surface area (Å²) in [5.41, 5.74) is 0.745. The topological polar surface area (TPSA) is 42.2 Å². The Kier molecular flexibility index (Phi) is 4.78. The molecule has 0 saturated carbocycles. The van der Waals surface area contributed by atoms with Crippen molar-refractivity contribution in [3.8, 4) is 11.5 Å². The van der Waals surface area contributed by atoms with Crippen molar-refractivity contribution in [3.63, 3.8) is 0 Å². The summed E-state index contributed by atoms with van der Waals surface area (Å²) in [5, 5.41) is 8.85. The highest BCUT2D eigenvalue weighted by Crippen LogP contribution is 2.26. The van der Waals surface area contributed by atoms with Gasteiger partial charge in [0.2, 0.25) is 11.8 Å². The van der Waals surface area contributed by atoms with Crippen LogP contribution in [0.25, 0.3) is 11.5 Å². The minimum Gasteiger partial charge on any atom is -0.419 e. The maximum Gasteiger partial charge on any atom is 0.247 e. The van der Waals surface area contributed by atoms with Crippen molar-refractivity contribution >= 4 is 11.8 Å². The zero-order chi connectivity index (χ0) is 15.5. The second-order valence-corrected chi connectivity index (χ2v) is 7.24. The van der Waals surface area contributed by atoms with Crippen molar-refractivity contribution in [2.45, 2.75) is 25.6 Å². The molecule has 118 valence electrons. The number of thioether (sulfide) groups is 1. The van der Waals surface area contributed by atoms with E-state index in [9.17, 15) is 4.39 Å². The molecule has 1 aliphatic rings. The second kappa shape index (κ2) is 6.79. The van der Waals surface area contributed by atoms with Gasteiger partial charge < -0.3 is 4.42 Å². The van der Waals surface area contributed by atoms with Crippen LogP contribution < -0.4 is 0 Å². The Hall–Kier alpha value is -1.40. The SMILES string of the molecule is CC(C)[C@@H]1CN(Cc2nnc(-c3ccc(F)cc3)o2)CCS1. The number of hydrogen-bond donors (Lipinski definition) is 0. The van der Waals surface area contributed by atoms with Crippen LogP contribution in [0.5, 0.6) is 0 Å². The van der Waals surface area contributed by atoms with E-state index in [2.05, 4.69) is 28.9 Å². The summed E-state index contributed by atoms with van der Waals surface area (Å²) in [6, 6.07) is 6.10. The minimum atomic E-state index is -0.269. The number of nitrogens with zero attached hydrogens (tertiary/aromatic N) is 3. The van der Waals surface area contributed by atoms with E-state index in [1.807, 2.05) is 11.8 Å². The largest absolute Gasteiger partial charge is 0.419 e. The molecule has 0 N–H and O–H groups in total. The Bertz CT molecular complexity index is 614. The summed E-state index contributed by atoms with van der Waals surface area (Å²) >= 11 is 2.05. The van der Waals surface area contributed by atoms with Gasteiger partial charge in [-0.15, -0.1) is 10.2 Å². The van der Waals surface area contributed by atoms with Gasteiger partial charge in [-0.1, -0.05) is 13.8 Å². The lowest BCUT2D eigenvalue weighted by atomic mass is 10.1. The van der Waals surface area contributed by atoms with E-state index in [1.54, 1.807) is 12.1 Å². The summed E-state index contributed by atoms with van der Waals surface area (Å²) in [6.45, 7) is 7.30. The van der Waals surface area contributed by atoms with Crippen LogP contribution in [0.3, 0.4) is 0 Å². The smallest absolute Gasteiger partial charge is 0.247 e. The van der Waals surface area contributed by atoms with Gasteiger partial charge in [-0.05, 0) is 30.2 Å². The van der Waals surface area contributed by atoms with E-state index >= 15 is 0 Å². The van der Waals surface area contributed by atoms with Gasteiger partial charge in [-0.3, -0.25) is 4.90 Å². The molecule has 1 aliphatic heterocycles. The molecule has 0 bridgehead atoms. The molecule has 3 rings (SSSR count). The molecule has 1 fully saturated rings. The Morgan fingerprint density at radius 2 is 2.09 bits per heavy atom. The second-order valence-electron chi connectivity index (χ2n) is 5.90. The van der Waals surface area contributed by atoms with E-state index in [1.165, 1.54) is 12.1 Å². The monoisotopic (exact) mass is 321 g/mol. The quantitative estimate of drug-likeness (QED) is 0.863. The molecule has 6 heteroatoms. The molecule has 0 aliphatic carbocycles. The molecule has 0 amide bonds. The van der Waals surface area contributed by atoms with Crippen molar-refractivity contribution in [1.82, 2.24) is 15.1 Å². The van der Waals surface area contributed by atoms with E-state index in [-0.39, 0.29) is 5.82 Å². The standard InChI is InChI=1S/C16H20FN3OS/c1-11(2)14-9-20(7-8-22-14)10-15-18-19-16(21-15)12-3-5-13(17)6-4-12/h3-6,11,14H,7-10H2,1-2H3/t14-/m0/s1. The highest BCUT2D eigenvalue weighted by atomic mass is 32.2. The van der Waals surface area contributed by atoms with Crippen molar-refractivity contribution in [3.05, 3.63) is 36.0 Å². The third-order valence-electron chi connectivity index (χ3n) is 3.84. The van der Waals surface area contributed by atoms with E-state index in [0.29, 0.717) is 29.5 Å². The molecule has 4 nitrogen and oxygen atoms in total. The number of rotatable bonds is 4. The molecule has 1 aromatic carbocycles. The molecule has 1 aromatic heterocycles. The zero-order valence-electron chi connectivity index (χ0n) is 12.8. The molecule has 0 spiro atoms. The maximum atomic E-state index is 12.9. The van der Waals surface area contributed by atoms with Crippen LogP contribution in [0.2, 0.25) is 0 Å². The van der Waals surface area contributed by atoms with Crippen molar-refractivity contribution in [1.29, 1.82) is 0 Å². The Morgan fingerprint density at radius 3 is 2.82 bits per heavy atom. The van der Waals surface area contributed by atoms with Crippen LogP contribution >= 0.6 is 11.8 Å². The van der Waals surface area contributed by atoms with Gasteiger partial charge in [0.15, 0.2) is 0 Å². The van der Waals surface area contributed by atoms with Gasteiger partial charge in [0.1, 0.15) is 5.82 Å². The number of halogens is 1. The van der Waals surface area contributed by atoms with Gasteiger partial charge in [-0.25, -0.2) is 4.39 Å². The minimum absolute atomic E-state index is 0.269. The fourth-order valence-corrected chi connectivity index (χ4v) is 3.86. The van der Waals surface area contributed by atoms with Crippen LogP contribution in [-0.4, -0.2) is 39.2 Å². The molecule has 1 atom stereocenters. The first-order valence-electron chi connectivity index (χ1n) is 7.54. The van der Waals surface area contributed by atoms with Crippen LogP contribution in [-0.2, 0) is 6.54 Å². The molecular weight excluding hydrogens is 301 g/mol. The molecule has 0 unspecified atom stereocenters. The van der Waals surface area contributed by atoms with Gasteiger partial charge in [0.25, 0.3) is 0 Å². The van der Waals surface area contributed by atoms with E-state index in [4.69, 9.17) is 4.42 Å². The number of hydrogen-bond acceptors (Lipinski definition) is 5. The van der Waals surface area contributed by atoms with Crippen LogP contribution in [0.1, 0.15) is 19.7 Å². The number of aromatic nitrogens is 2. The van der Waals surface area contributed by atoms with Gasteiger partial charge in [-0.2, -0.15) is 11.8 Å². The van der Waals surface area contributed by atoms with Crippen molar-refractivity contribution in [2.75, 3.05) is 18.8 Å². The molecular formula is C16H20FN3OS. The predicted molar refractivity (Wildman–Crippen MR) is 86.1 cm³/mol. The Balaban J connectivity index is 1.65. The lowest BCUT2D eigenvalue weighted by Gasteiger charge is -2.33. The highest BCUT2D eigenvalue weighted by Gasteiger charge is 2.24. The summed E-state index contributed by atoms with van der Waals surface area (Å²) in [4.78, 5) is 2.36. The summed E-state index contributed by atoms with van der Waals surface area (Å²) in [7, 11) is 0. The first-order chi connectivity index (χ1) is 10.6. The van der Waals surface area contributed by atoms with Gasteiger partial charge >= 0.3 is 0 Å². The van der Waals surface area contributed by atoms with Crippen molar-refractivity contribution < 1.29 is 8.81 Å². The fraction of sp³-hybridized carbons (Fsp3) is 0.500. The maximum absolute atomic E-state index is 12.9. The molecule has 0 radical (unpaired) electrons. The molecule has 2 aromatic rings. The molecule has 2 heterocycles. The van der Waals surface area contributed by atoms with Crippen LogP contribution in [0.15, 0.2) is 28.7 Å². The molecule has 22 heavy (non-hydrogen) atoms. The van der Waals surface area contributed by atoms with Crippen LogP contribution in [0.4, 0.5) is 4.39 Å². The first-order valence-corrected chi connectivity index (χ1v) is 8.59. The average Bonchev–Trinajstić information content (AvgIpc) is 2.96. The Labute approximate surface area is 134 Å². The third kappa shape index (κ3) is 3.67. The zero-order valence-corrected chi connectivity index (χ0v) is 13.6. The fourth-order valence-electron chi connectivity index (χ4n) is 2.50. The first kappa shape index (κ1) is 15.5. The lowest BCUT2D eigenvalue weighted by Crippen LogP contribution is -2.39. The number of benzene rings is 1.